The van der Waals surface area contributed by atoms with Crippen LogP contribution in [0.5, 0.6) is 0 Å². The number of aryl methyl sites for hydroxylation is 2. The fourth-order valence-electron chi connectivity index (χ4n) is 8.29. The highest BCUT2D eigenvalue weighted by atomic mass is 16.2. The molecule has 2 saturated heterocycles. The van der Waals surface area contributed by atoms with Gasteiger partial charge in [-0.05, 0) is 88.1 Å². The van der Waals surface area contributed by atoms with Crippen molar-refractivity contribution in [3.63, 3.8) is 0 Å². The number of rotatable bonds is 8. The number of imide groups is 1. The first-order chi connectivity index (χ1) is 26.6. The van der Waals surface area contributed by atoms with Gasteiger partial charge in [-0.1, -0.05) is 67.1 Å². The van der Waals surface area contributed by atoms with Crippen molar-refractivity contribution < 1.29 is 9.59 Å². The Morgan fingerprint density at radius 2 is 0.907 bits per heavy atom. The van der Waals surface area contributed by atoms with Crippen LogP contribution in [0, 0.1) is 0 Å². The van der Waals surface area contributed by atoms with E-state index in [-0.39, 0.29) is 11.8 Å². The van der Waals surface area contributed by atoms with Gasteiger partial charge in [0.25, 0.3) is 0 Å². The van der Waals surface area contributed by atoms with Crippen molar-refractivity contribution in [2.24, 2.45) is 0 Å². The second kappa shape index (κ2) is 14.9. The van der Waals surface area contributed by atoms with Crippen LogP contribution in [-0.2, 0) is 22.7 Å². The normalized spacial score (nSPS) is 15.6. The molecule has 2 fully saturated rings. The predicted molar refractivity (Wildman–Crippen MR) is 215 cm³/mol. The van der Waals surface area contributed by atoms with Gasteiger partial charge < -0.3 is 14.0 Å². The fraction of sp³-hybridized carbons (Fsp3) is 0.318. The number of carbonyl (C=O) groups is 2. The van der Waals surface area contributed by atoms with Crippen LogP contribution in [0.1, 0.15) is 51.4 Å². The van der Waals surface area contributed by atoms with Crippen LogP contribution < -0.4 is 0 Å². The maximum Gasteiger partial charge on any atom is 0.229 e. The second-order valence-corrected chi connectivity index (χ2v) is 14.5. The third-order valence-electron chi connectivity index (χ3n) is 11.0. The molecule has 4 aromatic carbocycles. The van der Waals surface area contributed by atoms with E-state index in [4.69, 9.17) is 19.9 Å². The molecule has 2 aliphatic rings. The largest absolute Gasteiger partial charge is 0.324 e. The molecule has 0 spiro atoms. The van der Waals surface area contributed by atoms with Crippen molar-refractivity contribution in [2.45, 2.75) is 64.5 Å². The summed E-state index contributed by atoms with van der Waals surface area (Å²) in [5.41, 5.74) is 9.77. The van der Waals surface area contributed by atoms with Crippen LogP contribution in [0.25, 0.3) is 66.2 Å². The van der Waals surface area contributed by atoms with Crippen LogP contribution in [0.15, 0.2) is 97.1 Å². The van der Waals surface area contributed by atoms with E-state index < -0.39 is 0 Å². The number of hydrogen-bond acceptors (Lipinski definition) is 7. The average Bonchev–Trinajstić information content (AvgIpc) is 3.68. The molecule has 10 nitrogen and oxygen atoms in total. The van der Waals surface area contributed by atoms with Crippen molar-refractivity contribution >= 4 is 78.0 Å². The first kappa shape index (κ1) is 34.1. The van der Waals surface area contributed by atoms with Gasteiger partial charge in [0, 0.05) is 43.2 Å². The lowest BCUT2D eigenvalue weighted by Crippen LogP contribution is -2.40. The van der Waals surface area contributed by atoms with Gasteiger partial charge in [0.15, 0.2) is 11.3 Å². The van der Waals surface area contributed by atoms with Gasteiger partial charge in [-0.2, -0.15) is 0 Å². The Morgan fingerprint density at radius 3 is 1.43 bits per heavy atom. The number of amides is 2. The Labute approximate surface area is 313 Å². The first-order valence-electron chi connectivity index (χ1n) is 19.5. The summed E-state index contributed by atoms with van der Waals surface area (Å²) >= 11 is 0. The zero-order valence-corrected chi connectivity index (χ0v) is 30.5. The topological polar surface area (TPSA) is 102 Å². The number of hydrogen-bond donors (Lipinski definition) is 0. The molecule has 8 aromatic rings. The van der Waals surface area contributed by atoms with E-state index in [1.54, 1.807) is 0 Å². The zero-order chi connectivity index (χ0) is 36.4. The SMILES string of the molecule is O=C1CCCC(=O)N1CCCn1c2ccccc2c2nc3ccccc3nc21.c1ccc2nc3c(nc2c1)c1ccccc1n3CCCN1CCCCC1. The van der Waals surface area contributed by atoms with Crippen LogP contribution in [0.2, 0.25) is 0 Å². The molecule has 2 aliphatic heterocycles. The summed E-state index contributed by atoms with van der Waals surface area (Å²) in [6.07, 6.45) is 7.56. The van der Waals surface area contributed by atoms with E-state index >= 15 is 0 Å². The van der Waals surface area contributed by atoms with Crippen LogP contribution >= 0.6 is 0 Å². The number of carbonyl (C=O) groups excluding carboxylic acids is 2. The molecule has 272 valence electrons. The highest BCUT2D eigenvalue weighted by molar-refractivity contribution is 6.07. The van der Waals surface area contributed by atoms with Crippen molar-refractivity contribution in [1.29, 1.82) is 0 Å². The number of para-hydroxylation sites is 6. The minimum absolute atomic E-state index is 0.0516. The van der Waals surface area contributed by atoms with E-state index in [2.05, 4.69) is 56.5 Å². The summed E-state index contributed by atoms with van der Waals surface area (Å²) in [4.78, 5) is 47.7. The predicted octanol–water partition coefficient (Wildman–Crippen LogP) is 8.28. The third kappa shape index (κ3) is 6.55. The minimum atomic E-state index is -0.0516. The van der Waals surface area contributed by atoms with Gasteiger partial charge in [-0.25, -0.2) is 19.9 Å². The number of nitrogens with zero attached hydrogens (tertiary/aromatic N) is 8. The first-order valence-corrected chi connectivity index (χ1v) is 19.5. The summed E-state index contributed by atoms with van der Waals surface area (Å²) in [6.45, 7) is 5.82. The molecular weight excluding hydrogens is 673 g/mol. The number of fused-ring (bicyclic) bond motifs is 8. The molecule has 54 heavy (non-hydrogen) atoms. The highest BCUT2D eigenvalue weighted by Gasteiger charge is 2.25. The maximum absolute atomic E-state index is 12.0. The minimum Gasteiger partial charge on any atom is -0.324 e. The number of piperidine rings is 2. The maximum atomic E-state index is 12.0. The summed E-state index contributed by atoms with van der Waals surface area (Å²) in [5, 5.41) is 2.28. The van der Waals surface area contributed by atoms with E-state index in [0.29, 0.717) is 38.8 Å². The van der Waals surface area contributed by atoms with Gasteiger partial charge in [-0.15, -0.1) is 0 Å². The lowest BCUT2D eigenvalue weighted by atomic mass is 10.1. The zero-order valence-electron chi connectivity index (χ0n) is 30.5. The van der Waals surface area contributed by atoms with Crippen molar-refractivity contribution in [3.8, 4) is 0 Å². The molecule has 0 atom stereocenters. The molecular formula is C44H44N8O2. The van der Waals surface area contributed by atoms with Crippen LogP contribution in [0.4, 0.5) is 0 Å². The van der Waals surface area contributed by atoms with E-state index in [1.807, 2.05) is 54.6 Å². The molecule has 0 N–H and O–H groups in total. The van der Waals surface area contributed by atoms with Crippen molar-refractivity contribution in [1.82, 2.24) is 38.9 Å². The Hall–Kier alpha value is -5.74. The van der Waals surface area contributed by atoms with E-state index in [9.17, 15) is 9.59 Å². The molecule has 0 saturated carbocycles. The molecule has 0 bridgehead atoms. The van der Waals surface area contributed by atoms with Crippen molar-refractivity contribution in [2.75, 3.05) is 26.2 Å². The molecule has 0 aliphatic carbocycles. The van der Waals surface area contributed by atoms with Gasteiger partial charge in [-0.3, -0.25) is 14.5 Å². The molecule has 10 heteroatoms. The Balaban J connectivity index is 0.000000143. The van der Waals surface area contributed by atoms with Crippen molar-refractivity contribution in [3.05, 3.63) is 97.1 Å². The number of aromatic nitrogens is 6. The number of likely N-dealkylation sites (tertiary alicyclic amines) is 2. The Bertz CT molecular complexity index is 2640. The molecule has 0 radical (unpaired) electrons. The summed E-state index contributed by atoms with van der Waals surface area (Å²) in [6, 6.07) is 32.8. The Kier molecular flexibility index (Phi) is 9.43. The third-order valence-corrected chi connectivity index (χ3v) is 11.0. The molecule has 2 amide bonds. The molecule has 6 heterocycles. The van der Waals surface area contributed by atoms with Crippen LogP contribution in [-0.4, -0.2) is 76.9 Å². The van der Waals surface area contributed by atoms with Gasteiger partial charge >= 0.3 is 0 Å². The lowest BCUT2D eigenvalue weighted by molar-refractivity contribution is -0.148. The van der Waals surface area contributed by atoms with Crippen LogP contribution in [0.3, 0.4) is 0 Å². The fourth-order valence-corrected chi connectivity index (χ4v) is 8.29. The van der Waals surface area contributed by atoms with Gasteiger partial charge in [0.05, 0.1) is 33.1 Å². The summed E-state index contributed by atoms with van der Waals surface area (Å²) in [5.74, 6) is -0.103. The smallest absolute Gasteiger partial charge is 0.229 e. The summed E-state index contributed by atoms with van der Waals surface area (Å²) < 4.78 is 4.52. The quantitative estimate of drug-likeness (QED) is 0.146. The molecule has 4 aromatic heterocycles. The van der Waals surface area contributed by atoms with E-state index in [1.165, 1.54) is 54.7 Å². The highest BCUT2D eigenvalue weighted by Crippen LogP contribution is 2.30. The van der Waals surface area contributed by atoms with Gasteiger partial charge in [0.1, 0.15) is 11.0 Å². The second-order valence-electron chi connectivity index (χ2n) is 14.5. The average molecular weight is 717 g/mol. The summed E-state index contributed by atoms with van der Waals surface area (Å²) in [7, 11) is 0. The number of benzene rings is 4. The lowest BCUT2D eigenvalue weighted by Gasteiger charge is -2.26. The molecule has 0 unspecified atom stereocenters. The van der Waals surface area contributed by atoms with E-state index in [0.717, 1.165) is 68.3 Å². The molecule has 10 rings (SSSR count). The Morgan fingerprint density at radius 1 is 0.463 bits per heavy atom. The van der Waals surface area contributed by atoms with Gasteiger partial charge in [0.2, 0.25) is 11.8 Å². The standard InChI is InChI=1S/C22H20N4O2.C22H24N4/c27-19-11-5-12-20(28)26(19)14-6-13-25-18-10-4-1-7-15(18)21-22(25)24-17-9-3-2-8-16(17)23-21;1-6-13-25(14-7-1)15-8-16-26-20-12-5-2-9-17(20)21-22(26)24-19-11-4-3-10-18(19)23-21/h1-4,7-10H,5-6,11-14H2;2-5,9-12H,1,6-8,13-16H2. The monoisotopic (exact) mass is 716 g/mol.